The number of hydrogen-bond donors (Lipinski definition) is 0. The van der Waals surface area contributed by atoms with Crippen molar-refractivity contribution in [3.05, 3.63) is 320 Å². The number of fused-ring (bicyclic) bond motifs is 8. The fourth-order valence-electron chi connectivity index (χ4n) is 18.8. The largest absolute Gasteiger partial charge is 0.456 e. The fraction of sp³-hybridized carbons (Fsp3) is 0.246. The number of esters is 2. The molecule has 0 saturated carbocycles. The van der Waals surface area contributed by atoms with E-state index in [-0.39, 0.29) is 147 Å². The second-order valence-corrected chi connectivity index (χ2v) is 38.4. The molecule has 2 aliphatic heterocycles. The van der Waals surface area contributed by atoms with Gasteiger partial charge in [-0.15, -0.1) is 0 Å². The van der Waals surface area contributed by atoms with E-state index in [2.05, 4.69) is 121 Å². The van der Waals surface area contributed by atoms with Gasteiger partial charge in [0, 0.05) is 77.5 Å². The number of imide groups is 2. The van der Waals surface area contributed by atoms with E-state index in [9.17, 15) is 0 Å². The quantitative estimate of drug-likeness (QED) is 0.0205. The molecule has 0 N–H and O–H groups in total. The Morgan fingerprint density at radius 1 is 0.308 bits per heavy atom. The van der Waals surface area contributed by atoms with Crippen LogP contribution in [0.1, 0.15) is 229 Å². The molecule has 4 amide bonds. The molecule has 0 bridgehead atoms. The molecule has 16 heteroatoms. The molecular weight excluding hydrogens is 1620 g/mol. The van der Waals surface area contributed by atoms with E-state index in [1.807, 2.05) is 185 Å². The van der Waals surface area contributed by atoms with Crippen LogP contribution in [0.2, 0.25) is 0 Å². The molecule has 0 spiro atoms. The summed E-state index contributed by atoms with van der Waals surface area (Å²) in [4.78, 5) is 104. The average Bonchev–Trinajstić information content (AvgIpc) is 0.700. The summed E-state index contributed by atoms with van der Waals surface area (Å²) in [6, 6.07) is 67.9. The maximum atomic E-state index is 17.4. The number of carbonyl (C=O) groups is 6. The van der Waals surface area contributed by atoms with E-state index in [0.717, 1.165) is 87.0 Å². The van der Waals surface area contributed by atoms with Gasteiger partial charge in [-0.1, -0.05) is 243 Å². The van der Waals surface area contributed by atoms with Crippen molar-refractivity contribution in [1.82, 2.24) is 9.80 Å². The molecule has 15 aromatic carbocycles. The summed E-state index contributed by atoms with van der Waals surface area (Å²) < 4.78 is 57.1. The molecule has 16 nitrogen and oxygen atoms in total. The number of nitrogens with zero attached hydrogens (tertiary/aromatic N) is 2. The van der Waals surface area contributed by atoms with Gasteiger partial charge in [0.2, 0.25) is 0 Å². The second kappa shape index (κ2) is 32.4. The van der Waals surface area contributed by atoms with Crippen LogP contribution in [0.5, 0.6) is 57.5 Å². The van der Waals surface area contributed by atoms with Gasteiger partial charge in [0.1, 0.15) is 91.9 Å². The summed E-state index contributed by atoms with van der Waals surface area (Å²) >= 11 is 0. The Balaban J connectivity index is 0.937. The van der Waals surface area contributed by atoms with Gasteiger partial charge in [-0.2, -0.15) is 0 Å². The lowest BCUT2D eigenvalue weighted by Gasteiger charge is -2.35. The first-order valence-corrected chi connectivity index (χ1v) is 44.8. The Labute approximate surface area is 754 Å². The number of rotatable bonds is 22. The van der Waals surface area contributed by atoms with Crippen LogP contribution in [-0.4, -0.2) is 57.5 Å². The lowest BCUT2D eigenvalue weighted by atomic mass is 9.80. The number of aryl methyl sites for hydroxylation is 4. The predicted octanol–water partition coefficient (Wildman–Crippen LogP) is 28.7. The SMILES string of the molecule is Cc1cc(C(C)C)ccc1Oc1cc2c3c(cc(Oc4ccc(C(C)C)cc4C)c4c5c(Oc6ccc(C(C)C)cc6C)cc6c7c(cc(Oc8ccc(C(C)C)cc8C)c(c1c34)c75)C(=O)N(C(Cc1cccc3c1oc1ccccc13)C(=O)Oc1ccc(C(C)(C)C)cc1)C6=O)C(=O)N(C(Cc1cccc3c1oc1ccccc13)C(=O)Oc1ccc(C(C)(C)C)cc1)C2=O. The summed E-state index contributed by atoms with van der Waals surface area (Å²) in [6.45, 7) is 37.2. The average molecular weight is 1720 g/mol. The van der Waals surface area contributed by atoms with Gasteiger partial charge < -0.3 is 37.3 Å². The van der Waals surface area contributed by atoms with Crippen molar-refractivity contribution in [1.29, 1.82) is 0 Å². The number of benzene rings is 15. The van der Waals surface area contributed by atoms with Gasteiger partial charge in [0.15, 0.2) is 0 Å². The van der Waals surface area contributed by atoms with Crippen LogP contribution in [0.4, 0.5) is 0 Å². The van der Waals surface area contributed by atoms with Crippen LogP contribution < -0.4 is 28.4 Å². The molecule has 19 rings (SSSR count). The predicted molar refractivity (Wildman–Crippen MR) is 514 cm³/mol. The first-order valence-electron chi connectivity index (χ1n) is 44.8. The summed E-state index contributed by atoms with van der Waals surface area (Å²) in [5.41, 5.74) is 11.5. The highest BCUT2D eigenvalue weighted by atomic mass is 16.5. The Hall–Kier alpha value is -14.4. The summed E-state index contributed by atoms with van der Waals surface area (Å²) in [7, 11) is 0. The van der Waals surface area contributed by atoms with Gasteiger partial charge in [0.05, 0.1) is 22.3 Å². The molecule has 0 saturated heterocycles. The van der Waals surface area contributed by atoms with Gasteiger partial charge in [-0.3, -0.25) is 29.0 Å². The van der Waals surface area contributed by atoms with Gasteiger partial charge >= 0.3 is 11.9 Å². The normalized spacial score (nSPS) is 13.7. The first-order chi connectivity index (χ1) is 62.1. The van der Waals surface area contributed by atoms with Crippen LogP contribution in [0.15, 0.2) is 239 Å². The maximum Gasteiger partial charge on any atom is 0.335 e. The minimum absolute atomic E-state index is 0.0408. The Bertz CT molecular complexity index is 6900. The number of amides is 4. The molecule has 0 radical (unpaired) electrons. The van der Waals surface area contributed by atoms with E-state index in [1.54, 1.807) is 48.5 Å². The molecular formula is C114H102N2O14. The highest BCUT2D eigenvalue weighted by Gasteiger charge is 2.48. The third kappa shape index (κ3) is 14.8. The summed E-state index contributed by atoms with van der Waals surface area (Å²) in [5.74, 6) is -2.68. The number of para-hydroxylation sites is 4. The maximum absolute atomic E-state index is 17.4. The molecule has 652 valence electrons. The summed E-state index contributed by atoms with van der Waals surface area (Å²) in [6.07, 6.45) is -0.540. The van der Waals surface area contributed by atoms with Gasteiger partial charge in [-0.25, -0.2) is 9.59 Å². The van der Waals surface area contributed by atoms with E-state index in [0.29, 0.717) is 56.5 Å². The van der Waals surface area contributed by atoms with E-state index in [4.69, 9.17) is 37.3 Å². The molecule has 2 unspecified atom stereocenters. The highest BCUT2D eigenvalue weighted by molar-refractivity contribution is 6.45. The monoisotopic (exact) mass is 1720 g/mol. The van der Waals surface area contributed by atoms with Crippen molar-refractivity contribution in [3.8, 4) is 57.5 Å². The Morgan fingerprint density at radius 3 is 0.854 bits per heavy atom. The summed E-state index contributed by atoms with van der Waals surface area (Å²) in [5, 5.41) is 5.08. The van der Waals surface area contributed by atoms with Crippen molar-refractivity contribution in [3.63, 3.8) is 0 Å². The minimum Gasteiger partial charge on any atom is -0.456 e. The van der Waals surface area contributed by atoms with Crippen LogP contribution in [-0.2, 0) is 33.3 Å². The number of ether oxygens (including phenoxy) is 6. The standard InChI is InChI=1S/C114H102N2O14/c1-59(2)67-33-45-87(63(9)49-67)125-93-55-81-97-82(108(118)115(107(81)117)85(111(121)123-75-41-37-73(38-42-75)113(13,14)15)53-71-25-23-29-79-77-27-19-21-31-91(77)129-105(71)79)57-95(127-89-47-35-69(61(5)6)51-65(89)11)101-102-96(128-90-48-36-70(62(7)8)52-66(90)12)58-84-98-83(56-94(100(104(98)102)99(93)103(97)101)126-88-46-34-68(60(3)4)50-64(88)10)109(119)116(110(84)120)86(112(122)124-76-43-39-74(40-44-76)114(16,17)18)54-72-26-24-30-80-78-28-20-22-32-92(78)130-106(72)80/h19-52,55-62,85-86H,53-54H2,1-18H3. The van der Waals surface area contributed by atoms with Crippen LogP contribution >= 0.6 is 0 Å². The Morgan fingerprint density at radius 2 is 0.585 bits per heavy atom. The molecule has 2 aliphatic rings. The van der Waals surface area contributed by atoms with Crippen molar-refractivity contribution in [2.45, 2.75) is 184 Å². The number of hydrogen-bond acceptors (Lipinski definition) is 14. The molecule has 0 fully saturated rings. The van der Waals surface area contributed by atoms with Crippen molar-refractivity contribution in [2.75, 3.05) is 0 Å². The topological polar surface area (TPSA) is 191 Å². The minimum atomic E-state index is -1.69. The van der Waals surface area contributed by atoms with Gasteiger partial charge in [0.25, 0.3) is 23.6 Å². The lowest BCUT2D eigenvalue weighted by Crippen LogP contribution is -2.53. The lowest BCUT2D eigenvalue weighted by molar-refractivity contribution is -0.139. The molecule has 17 aromatic rings. The van der Waals surface area contributed by atoms with Gasteiger partial charge in [-0.05, 0) is 214 Å². The van der Waals surface area contributed by atoms with Crippen LogP contribution in [0.25, 0.3) is 87.0 Å². The molecule has 4 heterocycles. The van der Waals surface area contributed by atoms with Crippen molar-refractivity contribution >= 4 is 123 Å². The molecule has 0 aliphatic carbocycles. The van der Waals surface area contributed by atoms with E-state index < -0.39 is 47.7 Å². The highest BCUT2D eigenvalue weighted by Crippen LogP contribution is 2.59. The number of carbonyl (C=O) groups excluding carboxylic acids is 6. The molecule has 2 aromatic heterocycles. The third-order valence-electron chi connectivity index (χ3n) is 26.1. The molecule has 130 heavy (non-hydrogen) atoms. The van der Waals surface area contributed by atoms with Crippen LogP contribution in [0.3, 0.4) is 0 Å². The smallest absolute Gasteiger partial charge is 0.335 e. The fourth-order valence-corrected chi connectivity index (χ4v) is 18.8. The zero-order chi connectivity index (χ0) is 91.3. The van der Waals surface area contributed by atoms with E-state index >= 15 is 28.8 Å². The third-order valence-corrected chi connectivity index (χ3v) is 26.1. The number of furan rings is 2. The van der Waals surface area contributed by atoms with Crippen LogP contribution in [0, 0.1) is 27.7 Å². The second-order valence-electron chi connectivity index (χ2n) is 38.4. The first kappa shape index (κ1) is 85.1. The zero-order valence-corrected chi connectivity index (χ0v) is 76.4. The Kier molecular flexibility index (Phi) is 21.2. The van der Waals surface area contributed by atoms with Crippen molar-refractivity contribution in [2.24, 2.45) is 0 Å². The zero-order valence-electron chi connectivity index (χ0n) is 76.4. The molecule has 2 atom stereocenters. The van der Waals surface area contributed by atoms with E-state index in [1.165, 1.54) is 0 Å². The van der Waals surface area contributed by atoms with Crippen molar-refractivity contribution < 1.29 is 66.0 Å².